The third-order valence-corrected chi connectivity index (χ3v) is 1.74. The molecule has 1 amide bonds. The van der Waals surface area contributed by atoms with E-state index in [1.54, 1.807) is 6.21 Å². The number of rotatable bonds is 3. The summed E-state index contributed by atoms with van der Waals surface area (Å²) in [6.45, 7) is 0.829. The Morgan fingerprint density at radius 1 is 1.75 bits per heavy atom. The number of primary amides is 1. The third-order valence-electron chi connectivity index (χ3n) is 1.74. The monoisotopic (exact) mass is 167 g/mol. The highest BCUT2D eigenvalue weighted by Crippen LogP contribution is 2.06. The molecule has 1 aliphatic rings. The van der Waals surface area contributed by atoms with Gasteiger partial charge in [0, 0.05) is 12.8 Å². The number of nitrogens with two attached hydrogens (primary N) is 2. The van der Waals surface area contributed by atoms with Crippen LogP contribution in [0, 0.1) is 0 Å². The van der Waals surface area contributed by atoms with Crippen LogP contribution >= 0.6 is 0 Å². The van der Waals surface area contributed by atoms with Crippen molar-refractivity contribution in [3.63, 3.8) is 0 Å². The standard InChI is InChI=1S/C8H13N3O/c9-7(8(10)12)4-6-2-1-3-11-5-6/h2,5,7H,1,3-4,9H2,(H2,10,12). The molecule has 1 rings (SSSR count). The molecule has 1 heterocycles. The van der Waals surface area contributed by atoms with Crippen LogP contribution < -0.4 is 11.5 Å². The fraction of sp³-hybridized carbons (Fsp3) is 0.500. The molecule has 0 fully saturated rings. The third kappa shape index (κ3) is 2.47. The average molecular weight is 167 g/mol. The molecule has 1 aliphatic heterocycles. The van der Waals surface area contributed by atoms with Crippen molar-refractivity contribution in [2.75, 3.05) is 6.54 Å². The van der Waals surface area contributed by atoms with Crippen molar-refractivity contribution in [2.24, 2.45) is 16.5 Å². The predicted molar refractivity (Wildman–Crippen MR) is 47.8 cm³/mol. The van der Waals surface area contributed by atoms with Crippen molar-refractivity contribution in [2.45, 2.75) is 18.9 Å². The van der Waals surface area contributed by atoms with Gasteiger partial charge in [0.05, 0.1) is 6.04 Å². The number of dihydropyridines is 1. The molecular formula is C8H13N3O. The molecule has 0 saturated heterocycles. The summed E-state index contributed by atoms with van der Waals surface area (Å²) in [5.41, 5.74) is 11.5. The first-order valence-electron chi connectivity index (χ1n) is 3.94. The van der Waals surface area contributed by atoms with E-state index in [1.807, 2.05) is 6.08 Å². The van der Waals surface area contributed by atoms with Gasteiger partial charge in [-0.1, -0.05) is 6.08 Å². The summed E-state index contributed by atoms with van der Waals surface area (Å²) >= 11 is 0. The smallest absolute Gasteiger partial charge is 0.234 e. The summed E-state index contributed by atoms with van der Waals surface area (Å²) in [6.07, 6.45) is 5.22. The van der Waals surface area contributed by atoms with Gasteiger partial charge in [-0.05, 0) is 18.4 Å². The van der Waals surface area contributed by atoms with Gasteiger partial charge in [0.15, 0.2) is 0 Å². The molecule has 4 heteroatoms. The zero-order valence-electron chi connectivity index (χ0n) is 6.86. The predicted octanol–water partition coefficient (Wildman–Crippen LogP) is -0.410. The van der Waals surface area contributed by atoms with E-state index >= 15 is 0 Å². The maximum absolute atomic E-state index is 10.6. The Morgan fingerprint density at radius 2 is 2.50 bits per heavy atom. The fourth-order valence-corrected chi connectivity index (χ4v) is 1.05. The lowest BCUT2D eigenvalue weighted by Gasteiger charge is -2.09. The summed E-state index contributed by atoms with van der Waals surface area (Å²) in [6, 6.07) is -0.583. The molecule has 0 aliphatic carbocycles. The molecule has 4 N–H and O–H groups in total. The van der Waals surface area contributed by atoms with Crippen LogP contribution in [0.25, 0.3) is 0 Å². The number of hydrogen-bond donors (Lipinski definition) is 2. The summed E-state index contributed by atoms with van der Waals surface area (Å²) in [7, 11) is 0. The van der Waals surface area contributed by atoms with Crippen LogP contribution in [-0.2, 0) is 4.79 Å². The van der Waals surface area contributed by atoms with Gasteiger partial charge in [0.1, 0.15) is 0 Å². The Bertz CT molecular complexity index is 232. The number of nitrogens with zero attached hydrogens (tertiary/aromatic N) is 1. The van der Waals surface area contributed by atoms with Gasteiger partial charge >= 0.3 is 0 Å². The minimum Gasteiger partial charge on any atom is -0.368 e. The zero-order chi connectivity index (χ0) is 8.97. The van der Waals surface area contributed by atoms with Gasteiger partial charge in [-0.2, -0.15) is 0 Å². The van der Waals surface area contributed by atoms with Gasteiger partial charge in [0.25, 0.3) is 0 Å². The fourth-order valence-electron chi connectivity index (χ4n) is 1.05. The number of aliphatic imine (C=N–C) groups is 1. The van der Waals surface area contributed by atoms with Crippen molar-refractivity contribution in [3.05, 3.63) is 11.6 Å². The highest BCUT2D eigenvalue weighted by atomic mass is 16.1. The second-order valence-electron chi connectivity index (χ2n) is 2.82. The Hall–Kier alpha value is -1.16. The number of carbonyl (C=O) groups is 1. The van der Waals surface area contributed by atoms with Crippen LogP contribution in [0.4, 0.5) is 0 Å². The van der Waals surface area contributed by atoms with Gasteiger partial charge < -0.3 is 11.5 Å². The van der Waals surface area contributed by atoms with E-state index in [0.29, 0.717) is 6.42 Å². The molecule has 1 atom stereocenters. The molecule has 4 nitrogen and oxygen atoms in total. The molecule has 0 radical (unpaired) electrons. The molecule has 0 aromatic carbocycles. The van der Waals surface area contributed by atoms with E-state index in [-0.39, 0.29) is 0 Å². The summed E-state index contributed by atoms with van der Waals surface area (Å²) in [5.74, 6) is -0.463. The lowest BCUT2D eigenvalue weighted by molar-refractivity contribution is -0.119. The molecule has 0 aromatic rings. The first kappa shape index (κ1) is 8.93. The van der Waals surface area contributed by atoms with Crippen molar-refractivity contribution >= 4 is 12.1 Å². The van der Waals surface area contributed by atoms with Crippen molar-refractivity contribution in [1.82, 2.24) is 0 Å². The van der Waals surface area contributed by atoms with E-state index in [9.17, 15) is 4.79 Å². The summed E-state index contributed by atoms with van der Waals surface area (Å²) < 4.78 is 0. The quantitative estimate of drug-likeness (QED) is 0.599. The number of hydrogen-bond acceptors (Lipinski definition) is 3. The molecule has 0 bridgehead atoms. The molecule has 66 valence electrons. The Balaban J connectivity index is 2.45. The summed E-state index contributed by atoms with van der Waals surface area (Å²) in [5, 5.41) is 0. The largest absolute Gasteiger partial charge is 0.368 e. The molecular weight excluding hydrogens is 154 g/mol. The average Bonchev–Trinajstić information content (AvgIpc) is 2.06. The van der Waals surface area contributed by atoms with E-state index in [4.69, 9.17) is 11.5 Å². The highest BCUT2D eigenvalue weighted by Gasteiger charge is 2.11. The van der Waals surface area contributed by atoms with Crippen LogP contribution in [0.2, 0.25) is 0 Å². The van der Waals surface area contributed by atoms with E-state index in [2.05, 4.69) is 4.99 Å². The van der Waals surface area contributed by atoms with Crippen molar-refractivity contribution in [1.29, 1.82) is 0 Å². The molecule has 0 spiro atoms. The second kappa shape index (κ2) is 4.01. The molecule has 0 saturated carbocycles. The first-order valence-corrected chi connectivity index (χ1v) is 3.94. The SMILES string of the molecule is NC(=O)C(N)CC1=CCCN=C1. The lowest BCUT2D eigenvalue weighted by Crippen LogP contribution is -2.36. The molecule has 0 aromatic heterocycles. The Morgan fingerprint density at radius 3 is 3.00 bits per heavy atom. The summed E-state index contributed by atoms with van der Waals surface area (Å²) in [4.78, 5) is 14.7. The number of carbonyl (C=O) groups excluding carboxylic acids is 1. The van der Waals surface area contributed by atoms with Gasteiger partial charge in [0.2, 0.25) is 5.91 Å². The van der Waals surface area contributed by atoms with Crippen molar-refractivity contribution in [3.8, 4) is 0 Å². The molecule has 12 heavy (non-hydrogen) atoms. The Kier molecular flexibility index (Phi) is 2.99. The van der Waals surface area contributed by atoms with Gasteiger partial charge in [-0.3, -0.25) is 9.79 Å². The van der Waals surface area contributed by atoms with Gasteiger partial charge in [-0.25, -0.2) is 0 Å². The maximum Gasteiger partial charge on any atom is 0.234 e. The highest BCUT2D eigenvalue weighted by molar-refractivity contribution is 5.84. The van der Waals surface area contributed by atoms with Crippen LogP contribution in [-0.4, -0.2) is 24.7 Å². The minimum absolute atomic E-state index is 0.463. The van der Waals surface area contributed by atoms with Crippen LogP contribution in [0.5, 0.6) is 0 Å². The second-order valence-corrected chi connectivity index (χ2v) is 2.82. The topological polar surface area (TPSA) is 81.5 Å². The first-order chi connectivity index (χ1) is 5.70. The Labute approximate surface area is 71.3 Å². The van der Waals surface area contributed by atoms with Crippen LogP contribution in [0.1, 0.15) is 12.8 Å². The zero-order valence-corrected chi connectivity index (χ0v) is 6.86. The molecule has 1 unspecified atom stereocenters. The van der Waals surface area contributed by atoms with E-state index < -0.39 is 11.9 Å². The van der Waals surface area contributed by atoms with Crippen LogP contribution in [0.3, 0.4) is 0 Å². The van der Waals surface area contributed by atoms with Gasteiger partial charge in [-0.15, -0.1) is 0 Å². The minimum atomic E-state index is -0.583. The normalized spacial score (nSPS) is 18.6. The maximum atomic E-state index is 10.6. The van der Waals surface area contributed by atoms with E-state index in [0.717, 1.165) is 18.5 Å². The van der Waals surface area contributed by atoms with Crippen molar-refractivity contribution < 1.29 is 4.79 Å². The van der Waals surface area contributed by atoms with E-state index in [1.165, 1.54) is 0 Å². The number of amides is 1. The lowest BCUT2D eigenvalue weighted by atomic mass is 10.1. The van der Waals surface area contributed by atoms with Crippen LogP contribution in [0.15, 0.2) is 16.6 Å².